The molecule has 25 heavy (non-hydrogen) atoms. The maximum atomic E-state index is 12.3. The fraction of sp³-hybridized carbons (Fsp3) is 0.706. The van der Waals surface area contributed by atoms with Gasteiger partial charge < -0.3 is 15.4 Å². The van der Waals surface area contributed by atoms with Gasteiger partial charge in [0.2, 0.25) is 5.91 Å². The fourth-order valence-electron chi connectivity index (χ4n) is 2.60. The Labute approximate surface area is 153 Å². The Bertz CT molecular complexity index is 624. The summed E-state index contributed by atoms with van der Waals surface area (Å²) in [5.74, 6) is -0.188. The number of hydrogen-bond donors (Lipinski definition) is 2. The average Bonchev–Trinajstić information content (AvgIpc) is 2.91. The van der Waals surface area contributed by atoms with E-state index in [-0.39, 0.29) is 41.6 Å². The molecule has 1 aliphatic carbocycles. The SMILES string of the molecule is CCOCC(=O)N[C@@H]1CC[C@@H]1CNC(=O)c1nn(C(C)(C)C)cc1Cl. The van der Waals surface area contributed by atoms with E-state index in [9.17, 15) is 9.59 Å². The maximum Gasteiger partial charge on any atom is 0.273 e. The number of halogens is 1. The van der Waals surface area contributed by atoms with Crippen LogP contribution in [0.3, 0.4) is 0 Å². The van der Waals surface area contributed by atoms with Crippen molar-refractivity contribution >= 4 is 23.4 Å². The molecule has 1 fully saturated rings. The summed E-state index contributed by atoms with van der Waals surface area (Å²) in [4.78, 5) is 24.0. The summed E-state index contributed by atoms with van der Waals surface area (Å²) in [5, 5.41) is 10.4. The van der Waals surface area contributed by atoms with Crippen molar-refractivity contribution in [3.05, 3.63) is 16.9 Å². The highest BCUT2D eigenvalue weighted by atomic mass is 35.5. The van der Waals surface area contributed by atoms with Crippen molar-refractivity contribution in [1.82, 2.24) is 20.4 Å². The van der Waals surface area contributed by atoms with Gasteiger partial charge in [-0.25, -0.2) is 0 Å². The van der Waals surface area contributed by atoms with Gasteiger partial charge >= 0.3 is 0 Å². The molecule has 2 rings (SSSR count). The van der Waals surface area contributed by atoms with Gasteiger partial charge in [0.15, 0.2) is 5.69 Å². The van der Waals surface area contributed by atoms with Crippen LogP contribution in [0.4, 0.5) is 0 Å². The first-order valence-corrected chi connectivity index (χ1v) is 9.01. The zero-order valence-corrected chi connectivity index (χ0v) is 16.0. The first-order valence-electron chi connectivity index (χ1n) is 8.63. The van der Waals surface area contributed by atoms with Crippen LogP contribution in [0.25, 0.3) is 0 Å². The van der Waals surface area contributed by atoms with Crippen LogP contribution in [0.1, 0.15) is 51.0 Å². The highest BCUT2D eigenvalue weighted by Crippen LogP contribution is 2.27. The molecule has 2 amide bonds. The molecule has 1 saturated carbocycles. The Morgan fingerprint density at radius 1 is 1.40 bits per heavy atom. The molecule has 7 nitrogen and oxygen atoms in total. The Morgan fingerprint density at radius 3 is 2.64 bits per heavy atom. The summed E-state index contributed by atoms with van der Waals surface area (Å²) in [6.45, 7) is 8.88. The van der Waals surface area contributed by atoms with Gasteiger partial charge in [-0.3, -0.25) is 14.3 Å². The molecule has 0 unspecified atom stereocenters. The van der Waals surface area contributed by atoms with Gasteiger partial charge in [0.05, 0.1) is 10.6 Å². The van der Waals surface area contributed by atoms with E-state index in [0.717, 1.165) is 12.8 Å². The summed E-state index contributed by atoms with van der Waals surface area (Å²) in [6, 6.07) is 0.0795. The molecular formula is C17H27ClN4O3. The van der Waals surface area contributed by atoms with Crippen molar-refractivity contribution in [1.29, 1.82) is 0 Å². The first-order chi connectivity index (χ1) is 11.7. The third kappa shape index (κ3) is 5.19. The van der Waals surface area contributed by atoms with E-state index in [1.807, 2.05) is 27.7 Å². The lowest BCUT2D eigenvalue weighted by atomic mass is 9.79. The molecule has 0 saturated heterocycles. The summed E-state index contributed by atoms with van der Waals surface area (Å²) in [5.41, 5.74) is -0.0145. The molecule has 1 aliphatic rings. The predicted molar refractivity (Wildman–Crippen MR) is 95.7 cm³/mol. The maximum absolute atomic E-state index is 12.3. The van der Waals surface area contributed by atoms with Crippen molar-refractivity contribution in [3.63, 3.8) is 0 Å². The largest absolute Gasteiger partial charge is 0.372 e. The summed E-state index contributed by atoms with van der Waals surface area (Å²) in [6.07, 6.45) is 3.54. The Morgan fingerprint density at radius 2 is 2.12 bits per heavy atom. The van der Waals surface area contributed by atoms with Crippen molar-refractivity contribution in [2.45, 2.75) is 52.1 Å². The molecule has 1 aromatic heterocycles. The van der Waals surface area contributed by atoms with Gasteiger partial charge in [0, 0.05) is 25.4 Å². The minimum absolute atomic E-state index is 0.0753. The number of carbonyl (C=O) groups is 2. The van der Waals surface area contributed by atoms with Crippen LogP contribution in [-0.2, 0) is 15.1 Å². The van der Waals surface area contributed by atoms with Gasteiger partial charge in [-0.15, -0.1) is 0 Å². The molecule has 2 atom stereocenters. The average molecular weight is 371 g/mol. The number of nitrogens with one attached hydrogen (secondary N) is 2. The van der Waals surface area contributed by atoms with Gasteiger partial charge in [0.1, 0.15) is 6.61 Å². The molecule has 0 aromatic carbocycles. The van der Waals surface area contributed by atoms with Crippen LogP contribution in [0.5, 0.6) is 0 Å². The van der Waals surface area contributed by atoms with Gasteiger partial charge in [-0.2, -0.15) is 5.10 Å². The molecule has 0 spiro atoms. The van der Waals surface area contributed by atoms with Crippen LogP contribution in [0, 0.1) is 5.92 Å². The van der Waals surface area contributed by atoms with Gasteiger partial charge in [-0.1, -0.05) is 11.6 Å². The first kappa shape index (κ1) is 19.7. The Hall–Kier alpha value is -1.60. The van der Waals surface area contributed by atoms with Crippen LogP contribution in [0.15, 0.2) is 6.20 Å². The molecule has 1 aromatic rings. The second-order valence-corrected chi connectivity index (χ2v) is 7.71. The highest BCUT2D eigenvalue weighted by molar-refractivity contribution is 6.33. The minimum atomic E-state index is -0.292. The topological polar surface area (TPSA) is 85.2 Å². The van der Waals surface area contributed by atoms with Gasteiger partial charge in [0.25, 0.3) is 5.91 Å². The number of ether oxygens (including phenoxy) is 1. The summed E-state index contributed by atoms with van der Waals surface area (Å²) >= 11 is 6.14. The molecule has 140 valence electrons. The third-order valence-corrected chi connectivity index (χ3v) is 4.57. The predicted octanol–water partition coefficient (Wildman–Crippen LogP) is 1.95. The monoisotopic (exact) mass is 370 g/mol. The van der Waals surface area contributed by atoms with Crippen molar-refractivity contribution in [2.24, 2.45) is 5.92 Å². The zero-order chi connectivity index (χ0) is 18.6. The van der Waals surface area contributed by atoms with Gasteiger partial charge in [-0.05, 0) is 46.5 Å². The third-order valence-electron chi connectivity index (χ3n) is 4.30. The Balaban J connectivity index is 1.84. The van der Waals surface area contributed by atoms with E-state index in [2.05, 4.69) is 15.7 Å². The standard InChI is InChI=1S/C17H27ClN4O3/c1-5-25-10-14(23)20-13-7-6-11(13)8-19-16(24)15-12(18)9-22(21-15)17(2,3)4/h9,11,13H,5-8,10H2,1-4H3,(H,19,24)(H,20,23)/t11-,13-/m1/s1. The minimum Gasteiger partial charge on any atom is -0.372 e. The lowest BCUT2D eigenvalue weighted by Gasteiger charge is -2.37. The number of carbonyl (C=O) groups excluding carboxylic acids is 2. The van der Waals surface area contributed by atoms with E-state index in [4.69, 9.17) is 16.3 Å². The zero-order valence-electron chi connectivity index (χ0n) is 15.3. The van der Waals surface area contributed by atoms with E-state index in [1.54, 1.807) is 10.9 Å². The smallest absolute Gasteiger partial charge is 0.273 e. The normalized spacial score (nSPS) is 20.0. The molecule has 8 heteroatoms. The van der Waals surface area contributed by atoms with E-state index < -0.39 is 0 Å². The fourth-order valence-corrected chi connectivity index (χ4v) is 2.82. The molecule has 2 N–H and O–H groups in total. The van der Waals surface area contributed by atoms with Crippen LogP contribution >= 0.6 is 11.6 Å². The van der Waals surface area contributed by atoms with E-state index in [0.29, 0.717) is 18.2 Å². The quantitative estimate of drug-likeness (QED) is 0.768. The number of hydrogen-bond acceptors (Lipinski definition) is 4. The molecular weight excluding hydrogens is 344 g/mol. The molecule has 0 aliphatic heterocycles. The number of nitrogens with zero attached hydrogens (tertiary/aromatic N) is 2. The number of aromatic nitrogens is 2. The Kier molecular flexibility index (Phi) is 6.46. The van der Waals surface area contributed by atoms with Crippen molar-refractivity contribution < 1.29 is 14.3 Å². The van der Waals surface area contributed by atoms with Crippen molar-refractivity contribution in [2.75, 3.05) is 19.8 Å². The summed E-state index contributed by atoms with van der Waals surface area (Å²) in [7, 11) is 0. The lowest BCUT2D eigenvalue weighted by molar-refractivity contribution is -0.127. The highest BCUT2D eigenvalue weighted by Gasteiger charge is 2.32. The second-order valence-electron chi connectivity index (χ2n) is 7.30. The molecule has 0 radical (unpaired) electrons. The van der Waals surface area contributed by atoms with E-state index in [1.165, 1.54) is 0 Å². The van der Waals surface area contributed by atoms with Crippen molar-refractivity contribution in [3.8, 4) is 0 Å². The summed E-state index contributed by atoms with van der Waals surface area (Å²) < 4.78 is 6.78. The number of rotatable bonds is 7. The van der Waals surface area contributed by atoms with Crippen LogP contribution in [0.2, 0.25) is 5.02 Å². The number of amides is 2. The van der Waals surface area contributed by atoms with Crippen LogP contribution < -0.4 is 10.6 Å². The lowest BCUT2D eigenvalue weighted by Crippen LogP contribution is -2.51. The molecule has 1 heterocycles. The molecule has 0 bridgehead atoms. The van der Waals surface area contributed by atoms with E-state index >= 15 is 0 Å². The van der Waals surface area contributed by atoms with Crippen LogP contribution in [-0.4, -0.2) is 47.4 Å². The second kappa shape index (κ2) is 8.19.